The second-order valence-electron chi connectivity index (χ2n) is 3.32. The van der Waals surface area contributed by atoms with Crippen molar-refractivity contribution in [1.82, 2.24) is 0 Å². The first-order valence-electron chi connectivity index (χ1n) is 4.29. The number of hydrogen-bond acceptors (Lipinski definition) is 2. The van der Waals surface area contributed by atoms with Gasteiger partial charge < -0.3 is 0 Å². The van der Waals surface area contributed by atoms with Crippen LogP contribution in [0.2, 0.25) is 5.02 Å². The fraction of sp³-hybridized carbons (Fsp3) is 0.333. The van der Waals surface area contributed by atoms with Gasteiger partial charge in [-0.3, -0.25) is 4.72 Å². The molecule has 0 amide bonds. The standard InChI is InChI=1S/C9H11ClFNO2S/c1-6(2)15(13,14)12-9-4-3-7(11)5-8(9)10/h3-6,12H,1-2H3. The van der Waals surface area contributed by atoms with Crippen LogP contribution in [0.4, 0.5) is 10.1 Å². The summed E-state index contributed by atoms with van der Waals surface area (Å²) in [6.45, 7) is 3.08. The van der Waals surface area contributed by atoms with Gasteiger partial charge in [0, 0.05) is 0 Å². The maximum absolute atomic E-state index is 12.7. The molecule has 3 nitrogen and oxygen atoms in total. The molecule has 1 aromatic carbocycles. The van der Waals surface area contributed by atoms with Crippen molar-refractivity contribution in [1.29, 1.82) is 0 Å². The third-order valence-electron chi connectivity index (χ3n) is 1.80. The molecular weight excluding hydrogens is 241 g/mol. The van der Waals surface area contributed by atoms with Crippen LogP contribution in [0, 0.1) is 5.82 Å². The lowest BCUT2D eigenvalue weighted by Crippen LogP contribution is -2.22. The molecule has 0 aliphatic heterocycles. The first-order valence-corrected chi connectivity index (χ1v) is 6.22. The molecule has 6 heteroatoms. The van der Waals surface area contributed by atoms with Crippen molar-refractivity contribution in [3.8, 4) is 0 Å². The van der Waals surface area contributed by atoms with E-state index in [2.05, 4.69) is 4.72 Å². The quantitative estimate of drug-likeness (QED) is 0.898. The summed E-state index contributed by atoms with van der Waals surface area (Å²) in [5, 5.41) is -0.530. The Bertz CT molecular complexity index is 459. The smallest absolute Gasteiger partial charge is 0.235 e. The van der Waals surface area contributed by atoms with Crippen LogP contribution in [-0.2, 0) is 10.0 Å². The highest BCUT2D eigenvalue weighted by Crippen LogP contribution is 2.24. The summed E-state index contributed by atoms with van der Waals surface area (Å²) in [7, 11) is -3.44. The molecular formula is C9H11ClFNO2S. The first-order chi connectivity index (χ1) is 6.83. The average molecular weight is 252 g/mol. The van der Waals surface area contributed by atoms with Gasteiger partial charge in [-0.05, 0) is 32.0 Å². The second kappa shape index (κ2) is 4.37. The van der Waals surface area contributed by atoms with E-state index in [1.54, 1.807) is 13.8 Å². The van der Waals surface area contributed by atoms with Gasteiger partial charge in [0.05, 0.1) is 16.0 Å². The number of halogens is 2. The van der Waals surface area contributed by atoms with E-state index in [-0.39, 0.29) is 10.7 Å². The van der Waals surface area contributed by atoms with E-state index in [1.807, 2.05) is 0 Å². The van der Waals surface area contributed by atoms with Crippen LogP contribution < -0.4 is 4.72 Å². The third kappa shape index (κ3) is 3.07. The Kier molecular flexibility index (Phi) is 3.57. The summed E-state index contributed by atoms with van der Waals surface area (Å²) in [6.07, 6.45) is 0. The second-order valence-corrected chi connectivity index (χ2v) is 5.96. The van der Waals surface area contributed by atoms with E-state index in [9.17, 15) is 12.8 Å². The molecule has 0 aliphatic rings. The zero-order valence-corrected chi connectivity index (χ0v) is 9.86. The zero-order valence-electron chi connectivity index (χ0n) is 8.29. The molecule has 0 heterocycles. The first kappa shape index (κ1) is 12.3. The van der Waals surface area contributed by atoms with E-state index < -0.39 is 21.1 Å². The summed E-state index contributed by atoms with van der Waals surface area (Å²) in [5.74, 6) is -0.507. The molecule has 1 aromatic rings. The summed E-state index contributed by atoms with van der Waals surface area (Å²) >= 11 is 5.67. The van der Waals surface area contributed by atoms with Gasteiger partial charge in [0.2, 0.25) is 10.0 Å². The van der Waals surface area contributed by atoms with Crippen molar-refractivity contribution in [2.45, 2.75) is 19.1 Å². The normalized spacial score (nSPS) is 11.8. The highest BCUT2D eigenvalue weighted by atomic mass is 35.5. The predicted octanol–water partition coefficient (Wildman–Crippen LogP) is 2.63. The topological polar surface area (TPSA) is 46.2 Å². The fourth-order valence-electron chi connectivity index (χ4n) is 0.843. The number of anilines is 1. The Morgan fingerprint density at radius 1 is 1.40 bits per heavy atom. The van der Waals surface area contributed by atoms with E-state index in [1.165, 1.54) is 6.07 Å². The maximum atomic E-state index is 12.7. The predicted molar refractivity (Wildman–Crippen MR) is 59.1 cm³/mol. The van der Waals surface area contributed by atoms with Gasteiger partial charge in [-0.2, -0.15) is 0 Å². The van der Waals surface area contributed by atoms with Gasteiger partial charge in [-0.1, -0.05) is 11.6 Å². The highest BCUT2D eigenvalue weighted by molar-refractivity contribution is 7.93. The van der Waals surface area contributed by atoms with E-state index >= 15 is 0 Å². The van der Waals surface area contributed by atoms with E-state index in [0.717, 1.165) is 12.1 Å². The average Bonchev–Trinajstić information content (AvgIpc) is 2.09. The summed E-state index contributed by atoms with van der Waals surface area (Å²) in [4.78, 5) is 0. The molecule has 15 heavy (non-hydrogen) atoms. The van der Waals surface area contributed by atoms with Crippen LogP contribution in [0.3, 0.4) is 0 Å². The minimum atomic E-state index is -3.44. The molecule has 0 aromatic heterocycles. The van der Waals surface area contributed by atoms with Gasteiger partial charge in [0.25, 0.3) is 0 Å². The van der Waals surface area contributed by atoms with Crippen LogP contribution in [0.5, 0.6) is 0 Å². The van der Waals surface area contributed by atoms with Crippen molar-refractivity contribution >= 4 is 27.3 Å². The Balaban J connectivity index is 3.01. The van der Waals surface area contributed by atoms with Crippen LogP contribution in [-0.4, -0.2) is 13.7 Å². The zero-order chi connectivity index (χ0) is 11.6. The lowest BCUT2D eigenvalue weighted by Gasteiger charge is -2.11. The maximum Gasteiger partial charge on any atom is 0.235 e. The Hall–Kier alpha value is -0.810. The lowest BCUT2D eigenvalue weighted by atomic mass is 10.3. The molecule has 0 atom stereocenters. The summed E-state index contributed by atoms with van der Waals surface area (Å²) < 4.78 is 37.9. The number of sulfonamides is 1. The molecule has 0 radical (unpaired) electrons. The highest BCUT2D eigenvalue weighted by Gasteiger charge is 2.16. The molecule has 1 N–H and O–H groups in total. The molecule has 84 valence electrons. The number of hydrogen-bond donors (Lipinski definition) is 1. The summed E-state index contributed by atoms with van der Waals surface area (Å²) in [6, 6.07) is 3.49. The van der Waals surface area contributed by atoms with Crippen LogP contribution in [0.15, 0.2) is 18.2 Å². The molecule has 0 saturated heterocycles. The van der Waals surface area contributed by atoms with E-state index in [4.69, 9.17) is 11.6 Å². The summed E-state index contributed by atoms with van der Waals surface area (Å²) in [5.41, 5.74) is 0.187. The van der Waals surface area contributed by atoms with Crippen molar-refractivity contribution in [3.63, 3.8) is 0 Å². The van der Waals surface area contributed by atoms with Crippen LogP contribution in [0.1, 0.15) is 13.8 Å². The van der Waals surface area contributed by atoms with Gasteiger partial charge in [0.15, 0.2) is 0 Å². The monoisotopic (exact) mass is 251 g/mol. The Labute approximate surface area is 93.3 Å². The molecule has 1 rings (SSSR count). The molecule has 0 fully saturated rings. The van der Waals surface area contributed by atoms with Crippen molar-refractivity contribution in [3.05, 3.63) is 29.0 Å². The van der Waals surface area contributed by atoms with Crippen molar-refractivity contribution < 1.29 is 12.8 Å². The number of rotatable bonds is 3. The van der Waals surface area contributed by atoms with Gasteiger partial charge in [0.1, 0.15) is 5.82 Å². The molecule has 0 spiro atoms. The minimum absolute atomic E-state index is 0.0409. The Morgan fingerprint density at radius 2 is 2.00 bits per heavy atom. The molecule has 0 aliphatic carbocycles. The molecule has 0 bridgehead atoms. The SMILES string of the molecule is CC(C)S(=O)(=O)Nc1ccc(F)cc1Cl. The fourth-order valence-corrected chi connectivity index (χ4v) is 1.83. The number of nitrogens with one attached hydrogen (secondary N) is 1. The minimum Gasteiger partial charge on any atom is -0.282 e. The van der Waals surface area contributed by atoms with Gasteiger partial charge >= 0.3 is 0 Å². The van der Waals surface area contributed by atoms with Crippen LogP contribution in [0.25, 0.3) is 0 Å². The van der Waals surface area contributed by atoms with Crippen LogP contribution >= 0.6 is 11.6 Å². The molecule has 0 unspecified atom stereocenters. The van der Waals surface area contributed by atoms with Crippen molar-refractivity contribution in [2.75, 3.05) is 4.72 Å². The Morgan fingerprint density at radius 3 is 2.47 bits per heavy atom. The van der Waals surface area contributed by atoms with Crippen molar-refractivity contribution in [2.24, 2.45) is 0 Å². The largest absolute Gasteiger partial charge is 0.282 e. The molecule has 0 saturated carbocycles. The van der Waals surface area contributed by atoms with E-state index in [0.29, 0.717) is 0 Å². The van der Waals surface area contributed by atoms with Gasteiger partial charge in [-0.25, -0.2) is 12.8 Å². The van der Waals surface area contributed by atoms with Gasteiger partial charge in [-0.15, -0.1) is 0 Å². The lowest BCUT2D eigenvalue weighted by molar-refractivity contribution is 0.592. The third-order valence-corrected chi connectivity index (χ3v) is 3.86. The number of benzene rings is 1.